The van der Waals surface area contributed by atoms with Crippen LogP contribution in [0.1, 0.15) is 28.8 Å². The number of aromatic nitrogens is 1. The second kappa shape index (κ2) is 10.0. The number of thioether (sulfide) groups is 1. The van der Waals surface area contributed by atoms with Crippen LogP contribution < -0.4 is 9.64 Å². The fourth-order valence-corrected chi connectivity index (χ4v) is 6.68. The van der Waals surface area contributed by atoms with E-state index in [2.05, 4.69) is 4.98 Å². The first-order valence-electron chi connectivity index (χ1n) is 11.6. The molecule has 36 heavy (non-hydrogen) atoms. The molecule has 3 heterocycles. The van der Waals surface area contributed by atoms with Crippen molar-refractivity contribution in [2.75, 3.05) is 24.3 Å². The van der Waals surface area contributed by atoms with Gasteiger partial charge < -0.3 is 9.64 Å². The summed E-state index contributed by atoms with van der Waals surface area (Å²) in [6, 6.07) is 15.3. The largest absolute Gasteiger partial charge is 0.490 e. The van der Waals surface area contributed by atoms with Crippen molar-refractivity contribution in [1.29, 1.82) is 0 Å². The first kappa shape index (κ1) is 24.5. The first-order valence-corrected chi connectivity index (χ1v) is 14.2. The summed E-state index contributed by atoms with van der Waals surface area (Å²) >= 11 is 1.62. The van der Waals surface area contributed by atoms with Gasteiger partial charge in [-0.15, -0.1) is 11.8 Å². The van der Waals surface area contributed by atoms with Crippen molar-refractivity contribution < 1.29 is 22.7 Å². The molecule has 0 aliphatic carbocycles. The molecule has 186 valence electrons. The number of rotatable bonds is 8. The monoisotopic (exact) mass is 523 g/mol. The van der Waals surface area contributed by atoms with Gasteiger partial charge in [0.15, 0.2) is 0 Å². The molecule has 3 aromatic rings. The number of pyridine rings is 1. The third-order valence-corrected chi connectivity index (χ3v) is 9.14. The van der Waals surface area contributed by atoms with Crippen LogP contribution in [0.3, 0.4) is 0 Å². The van der Waals surface area contributed by atoms with E-state index in [0.29, 0.717) is 30.8 Å². The van der Waals surface area contributed by atoms with Gasteiger partial charge in [0.2, 0.25) is 10.0 Å². The number of anilines is 1. The number of fused-ring (bicyclic) bond motifs is 1. The van der Waals surface area contributed by atoms with Crippen LogP contribution in [0.5, 0.6) is 5.75 Å². The van der Waals surface area contributed by atoms with Gasteiger partial charge in [0, 0.05) is 17.6 Å². The average Bonchev–Trinajstić information content (AvgIpc) is 3.48. The van der Waals surface area contributed by atoms with Crippen LogP contribution in [0.4, 0.5) is 5.69 Å². The lowest BCUT2D eigenvalue weighted by Crippen LogP contribution is -2.39. The second-order valence-corrected chi connectivity index (χ2v) is 11.4. The quantitative estimate of drug-likeness (QED) is 0.328. The number of Topliss-reactive ketones (excluding diaryl/α,β-unsaturated/α-hetero) is 1. The lowest BCUT2D eigenvalue weighted by atomic mass is 10.1. The van der Waals surface area contributed by atoms with E-state index in [9.17, 15) is 18.0 Å². The van der Waals surface area contributed by atoms with Gasteiger partial charge in [0.05, 0.1) is 34.9 Å². The minimum absolute atomic E-state index is 0.00171. The van der Waals surface area contributed by atoms with E-state index in [0.717, 1.165) is 10.5 Å². The molecule has 2 aliphatic heterocycles. The SMILES string of the molecule is CSc1ccc(CN2C(=O)C(=O)c3cc(S(=O)(=O)N4CCCC4COc4cccnc4)ccc32)cc1. The molecule has 5 rings (SSSR count). The number of amides is 1. The molecule has 1 saturated heterocycles. The third kappa shape index (κ3) is 4.63. The molecule has 0 radical (unpaired) electrons. The molecule has 2 aromatic carbocycles. The lowest BCUT2D eigenvalue weighted by Gasteiger charge is -2.24. The molecule has 1 amide bonds. The van der Waals surface area contributed by atoms with Crippen molar-refractivity contribution in [1.82, 2.24) is 9.29 Å². The predicted octanol–water partition coefficient (Wildman–Crippen LogP) is 3.77. The summed E-state index contributed by atoms with van der Waals surface area (Å²) in [6.45, 7) is 0.806. The van der Waals surface area contributed by atoms with Crippen molar-refractivity contribution in [2.24, 2.45) is 0 Å². The maximum absolute atomic E-state index is 13.5. The van der Waals surface area contributed by atoms with Crippen LogP contribution in [0.2, 0.25) is 0 Å². The Bertz CT molecular complexity index is 1390. The highest BCUT2D eigenvalue weighted by molar-refractivity contribution is 7.98. The van der Waals surface area contributed by atoms with Crippen molar-refractivity contribution >= 4 is 39.2 Å². The zero-order valence-corrected chi connectivity index (χ0v) is 21.3. The van der Waals surface area contributed by atoms with Gasteiger partial charge in [-0.2, -0.15) is 4.31 Å². The smallest absolute Gasteiger partial charge is 0.299 e. The Hall–Kier alpha value is -3.21. The Morgan fingerprint density at radius 2 is 1.92 bits per heavy atom. The summed E-state index contributed by atoms with van der Waals surface area (Å²) in [5.41, 5.74) is 1.42. The van der Waals surface area contributed by atoms with Gasteiger partial charge in [-0.25, -0.2) is 8.42 Å². The fraction of sp³-hybridized carbons (Fsp3) is 0.269. The number of sulfonamides is 1. The Kier molecular flexibility index (Phi) is 6.83. The Morgan fingerprint density at radius 1 is 1.11 bits per heavy atom. The van der Waals surface area contributed by atoms with Crippen molar-refractivity contribution in [3.8, 4) is 5.75 Å². The van der Waals surface area contributed by atoms with Gasteiger partial charge in [0.25, 0.3) is 11.7 Å². The number of carbonyl (C=O) groups is 2. The Balaban J connectivity index is 1.37. The summed E-state index contributed by atoms with van der Waals surface area (Å²) in [5.74, 6) is -0.773. The molecule has 1 aromatic heterocycles. The summed E-state index contributed by atoms with van der Waals surface area (Å²) in [6.07, 6.45) is 6.59. The van der Waals surface area contributed by atoms with Crippen LogP contribution in [-0.2, 0) is 21.4 Å². The number of carbonyl (C=O) groups excluding carboxylic acids is 2. The van der Waals surface area contributed by atoms with Crippen LogP contribution >= 0.6 is 11.8 Å². The topological polar surface area (TPSA) is 96.9 Å². The number of ether oxygens (including phenoxy) is 1. The molecule has 2 aliphatic rings. The van der Waals surface area contributed by atoms with E-state index in [4.69, 9.17) is 4.74 Å². The maximum Gasteiger partial charge on any atom is 0.299 e. The van der Waals surface area contributed by atoms with E-state index in [1.165, 1.54) is 21.3 Å². The molecule has 0 saturated carbocycles. The summed E-state index contributed by atoms with van der Waals surface area (Å²) in [7, 11) is -3.89. The zero-order chi connectivity index (χ0) is 25.3. The minimum Gasteiger partial charge on any atom is -0.490 e. The summed E-state index contributed by atoms with van der Waals surface area (Å²) in [4.78, 5) is 32.1. The minimum atomic E-state index is -3.89. The van der Waals surface area contributed by atoms with Crippen LogP contribution in [0.15, 0.2) is 76.8 Å². The number of ketones is 1. The molecule has 0 N–H and O–H groups in total. The third-order valence-electron chi connectivity index (χ3n) is 6.45. The fourth-order valence-electron chi connectivity index (χ4n) is 4.56. The standard InChI is InChI=1S/C26H25N3O5S2/c1-35-21-8-6-18(7-9-21)16-28-24-11-10-22(14-23(24)25(30)26(28)31)36(32,33)29-13-3-4-19(29)17-34-20-5-2-12-27-15-20/h2,5-12,14-15,19H,3-4,13,16-17H2,1H3. The lowest BCUT2D eigenvalue weighted by molar-refractivity contribution is -0.114. The van der Waals surface area contributed by atoms with E-state index in [1.807, 2.05) is 30.5 Å². The van der Waals surface area contributed by atoms with Crippen molar-refractivity contribution in [2.45, 2.75) is 35.2 Å². The summed E-state index contributed by atoms with van der Waals surface area (Å²) < 4.78 is 34.2. The Labute approximate surface area is 214 Å². The van der Waals surface area contributed by atoms with Gasteiger partial charge in [0.1, 0.15) is 12.4 Å². The van der Waals surface area contributed by atoms with Crippen molar-refractivity contribution in [3.63, 3.8) is 0 Å². The predicted molar refractivity (Wildman–Crippen MR) is 137 cm³/mol. The van der Waals surface area contributed by atoms with Crippen molar-refractivity contribution in [3.05, 3.63) is 78.1 Å². The van der Waals surface area contributed by atoms with Gasteiger partial charge in [-0.05, 0) is 67.1 Å². The molecule has 1 unspecified atom stereocenters. The molecule has 1 atom stereocenters. The Morgan fingerprint density at radius 3 is 2.64 bits per heavy atom. The highest BCUT2D eigenvalue weighted by Crippen LogP contribution is 2.34. The molecule has 10 heteroatoms. The normalized spacial score (nSPS) is 18.0. The van der Waals surface area contributed by atoms with Gasteiger partial charge in [-0.3, -0.25) is 14.6 Å². The number of benzene rings is 2. The van der Waals surface area contributed by atoms with E-state index in [-0.39, 0.29) is 29.7 Å². The van der Waals surface area contributed by atoms with Crippen LogP contribution in [0.25, 0.3) is 0 Å². The van der Waals surface area contributed by atoms with E-state index >= 15 is 0 Å². The molecular weight excluding hydrogens is 498 g/mol. The highest BCUT2D eigenvalue weighted by Gasteiger charge is 2.40. The molecule has 1 fully saturated rings. The van der Waals surface area contributed by atoms with Gasteiger partial charge >= 0.3 is 0 Å². The van der Waals surface area contributed by atoms with Crippen LogP contribution in [0, 0.1) is 0 Å². The molecule has 0 spiro atoms. The molecular formula is C26H25N3O5S2. The molecule has 0 bridgehead atoms. The summed E-state index contributed by atoms with van der Waals surface area (Å²) in [5, 5.41) is 0. The van der Waals surface area contributed by atoms with Crippen LogP contribution in [-0.4, -0.2) is 54.8 Å². The highest BCUT2D eigenvalue weighted by atomic mass is 32.2. The number of hydrogen-bond acceptors (Lipinski definition) is 7. The maximum atomic E-state index is 13.5. The molecule has 8 nitrogen and oxygen atoms in total. The van der Waals surface area contributed by atoms with E-state index in [1.54, 1.807) is 42.4 Å². The number of hydrogen-bond donors (Lipinski definition) is 0. The van der Waals surface area contributed by atoms with E-state index < -0.39 is 21.7 Å². The van der Waals surface area contributed by atoms with Gasteiger partial charge in [-0.1, -0.05) is 12.1 Å². The second-order valence-electron chi connectivity index (χ2n) is 8.66. The average molecular weight is 524 g/mol. The zero-order valence-electron chi connectivity index (χ0n) is 19.7. The first-order chi connectivity index (χ1) is 17.4. The number of nitrogens with zero attached hydrogens (tertiary/aromatic N) is 3.